The highest BCUT2D eigenvalue weighted by Crippen LogP contribution is 2.36. The molecule has 0 saturated heterocycles. The summed E-state index contributed by atoms with van der Waals surface area (Å²) in [7, 11) is 0. The maximum atomic E-state index is 12.8. The van der Waals surface area contributed by atoms with Crippen LogP contribution in [0.25, 0.3) is 5.69 Å². The van der Waals surface area contributed by atoms with Crippen LogP contribution < -0.4 is 10.1 Å². The summed E-state index contributed by atoms with van der Waals surface area (Å²) in [5.41, 5.74) is -0.846. The summed E-state index contributed by atoms with van der Waals surface area (Å²) in [5.74, 6) is -0.728. The van der Waals surface area contributed by atoms with Crippen molar-refractivity contribution < 1.29 is 27.8 Å². The van der Waals surface area contributed by atoms with E-state index in [1.807, 2.05) is 0 Å². The molecule has 1 amide bonds. The summed E-state index contributed by atoms with van der Waals surface area (Å²) in [4.78, 5) is 11.9. The third kappa shape index (κ3) is 4.49. The number of tetrazole rings is 1. The van der Waals surface area contributed by atoms with Crippen molar-refractivity contribution in [3.63, 3.8) is 0 Å². The molecular weight excluding hydrogens is 403 g/mol. The number of hydrogen-bond acceptors (Lipinski definition) is 6. The molecule has 1 aromatic heterocycles. The Bertz CT molecular complexity index is 996. The highest BCUT2D eigenvalue weighted by Gasteiger charge is 2.33. The number of halogens is 4. The predicted molar refractivity (Wildman–Crippen MR) is 91.4 cm³/mol. The van der Waals surface area contributed by atoms with Crippen molar-refractivity contribution in [2.24, 2.45) is 0 Å². The molecule has 0 aliphatic rings. The zero-order chi connectivity index (χ0) is 20.3. The summed E-state index contributed by atoms with van der Waals surface area (Å²) < 4.78 is 45.0. The Balaban J connectivity index is 1.63. The van der Waals surface area contributed by atoms with E-state index in [4.69, 9.17) is 16.3 Å². The lowest BCUT2D eigenvalue weighted by Crippen LogP contribution is -2.20. The fourth-order valence-corrected chi connectivity index (χ4v) is 2.45. The van der Waals surface area contributed by atoms with Gasteiger partial charge >= 0.3 is 6.18 Å². The predicted octanol–water partition coefficient (Wildman–Crippen LogP) is 3.06. The summed E-state index contributed by atoms with van der Waals surface area (Å²) >= 11 is 5.53. The van der Waals surface area contributed by atoms with E-state index in [-0.39, 0.29) is 17.2 Å². The fraction of sp³-hybridized carbons (Fsp3) is 0.125. The number of hydrogen-bond donors (Lipinski definition) is 2. The van der Waals surface area contributed by atoms with Gasteiger partial charge in [0.15, 0.2) is 6.61 Å². The lowest BCUT2D eigenvalue weighted by atomic mass is 10.2. The molecule has 0 unspecified atom stereocenters. The molecule has 0 fully saturated rings. The molecule has 28 heavy (non-hydrogen) atoms. The van der Waals surface area contributed by atoms with Crippen molar-refractivity contribution in [1.82, 2.24) is 20.2 Å². The topological polar surface area (TPSA) is 102 Å². The Labute approximate surface area is 160 Å². The molecule has 0 saturated carbocycles. The quantitative estimate of drug-likeness (QED) is 0.666. The van der Waals surface area contributed by atoms with Crippen LogP contribution in [-0.4, -0.2) is 37.8 Å². The maximum absolute atomic E-state index is 12.8. The van der Waals surface area contributed by atoms with Gasteiger partial charge in [-0.2, -0.15) is 17.9 Å². The SMILES string of the molecule is O=C(COc1ccc(-n2cnnn2)c(O)c1)Nc1ccc(Cl)c(C(F)(F)F)c1. The van der Waals surface area contributed by atoms with Crippen molar-refractivity contribution in [2.75, 3.05) is 11.9 Å². The zero-order valence-electron chi connectivity index (χ0n) is 13.8. The molecule has 3 rings (SSSR count). The average Bonchev–Trinajstić information content (AvgIpc) is 3.15. The van der Waals surface area contributed by atoms with Crippen LogP contribution in [0.4, 0.5) is 18.9 Å². The molecule has 8 nitrogen and oxygen atoms in total. The van der Waals surface area contributed by atoms with Crippen LogP contribution >= 0.6 is 11.6 Å². The lowest BCUT2D eigenvalue weighted by Gasteiger charge is -2.12. The number of rotatable bonds is 5. The first-order valence-electron chi connectivity index (χ1n) is 7.60. The van der Waals surface area contributed by atoms with Gasteiger partial charge < -0.3 is 15.2 Å². The van der Waals surface area contributed by atoms with Crippen molar-refractivity contribution in [1.29, 1.82) is 0 Å². The van der Waals surface area contributed by atoms with Crippen LogP contribution in [0.1, 0.15) is 5.56 Å². The van der Waals surface area contributed by atoms with Crippen molar-refractivity contribution in [3.05, 3.63) is 53.3 Å². The lowest BCUT2D eigenvalue weighted by molar-refractivity contribution is -0.137. The zero-order valence-corrected chi connectivity index (χ0v) is 14.6. The first-order valence-corrected chi connectivity index (χ1v) is 7.97. The number of nitrogens with zero attached hydrogens (tertiary/aromatic N) is 4. The smallest absolute Gasteiger partial charge is 0.417 e. The summed E-state index contributed by atoms with van der Waals surface area (Å²) in [6.45, 7) is -0.492. The molecule has 146 valence electrons. The summed E-state index contributed by atoms with van der Waals surface area (Å²) in [6, 6.07) is 7.18. The largest absolute Gasteiger partial charge is 0.506 e. The molecule has 0 aliphatic heterocycles. The highest BCUT2D eigenvalue weighted by atomic mass is 35.5. The number of anilines is 1. The molecule has 3 aromatic rings. The van der Waals surface area contributed by atoms with E-state index < -0.39 is 29.3 Å². The number of amides is 1. The van der Waals surface area contributed by atoms with Gasteiger partial charge in [0, 0.05) is 11.8 Å². The van der Waals surface area contributed by atoms with Gasteiger partial charge in [0.05, 0.1) is 10.6 Å². The van der Waals surface area contributed by atoms with Crippen LogP contribution in [0.15, 0.2) is 42.7 Å². The number of benzene rings is 2. The van der Waals surface area contributed by atoms with Gasteiger partial charge in [0.2, 0.25) is 0 Å². The van der Waals surface area contributed by atoms with Crippen LogP contribution in [0.3, 0.4) is 0 Å². The summed E-state index contributed by atoms with van der Waals surface area (Å²) in [5, 5.41) is 22.3. The third-order valence-corrected chi connectivity index (χ3v) is 3.80. The molecule has 12 heteroatoms. The minimum Gasteiger partial charge on any atom is -0.506 e. The second kappa shape index (κ2) is 7.72. The third-order valence-electron chi connectivity index (χ3n) is 3.47. The molecule has 1 heterocycles. The van der Waals surface area contributed by atoms with E-state index in [1.165, 1.54) is 35.3 Å². The fourth-order valence-electron chi connectivity index (χ4n) is 2.22. The van der Waals surface area contributed by atoms with Gasteiger partial charge in [-0.15, -0.1) is 5.10 Å². The first kappa shape index (κ1) is 19.4. The highest BCUT2D eigenvalue weighted by molar-refractivity contribution is 6.31. The Hall–Kier alpha value is -3.34. The van der Waals surface area contributed by atoms with E-state index in [1.54, 1.807) is 0 Å². The number of ether oxygens (including phenoxy) is 1. The van der Waals surface area contributed by atoms with Crippen molar-refractivity contribution in [3.8, 4) is 17.2 Å². The minimum atomic E-state index is -4.65. The number of aromatic hydroxyl groups is 1. The van der Waals surface area contributed by atoms with E-state index in [9.17, 15) is 23.1 Å². The van der Waals surface area contributed by atoms with Crippen LogP contribution in [0, 0.1) is 0 Å². The molecular formula is C16H11ClF3N5O3. The number of nitrogens with one attached hydrogen (secondary N) is 1. The molecule has 2 aromatic carbocycles. The number of aromatic nitrogens is 4. The maximum Gasteiger partial charge on any atom is 0.417 e. The standard InChI is InChI=1S/C16H11ClF3N5O3/c17-12-3-1-9(5-11(12)16(18,19)20)22-15(27)7-28-10-2-4-13(14(26)6-10)25-8-21-23-24-25/h1-6,8,26H,7H2,(H,22,27). The van der Waals surface area contributed by atoms with Gasteiger partial charge in [-0.25, -0.2) is 0 Å². The monoisotopic (exact) mass is 413 g/mol. The summed E-state index contributed by atoms with van der Waals surface area (Å²) in [6.07, 6.45) is -3.36. The van der Waals surface area contributed by atoms with E-state index in [0.717, 1.165) is 12.1 Å². The van der Waals surface area contributed by atoms with E-state index >= 15 is 0 Å². The Morgan fingerprint density at radius 1 is 1.25 bits per heavy atom. The average molecular weight is 414 g/mol. The Morgan fingerprint density at radius 3 is 2.68 bits per heavy atom. The van der Waals surface area contributed by atoms with E-state index in [0.29, 0.717) is 5.69 Å². The van der Waals surface area contributed by atoms with Gasteiger partial charge in [-0.3, -0.25) is 4.79 Å². The molecule has 2 N–H and O–H groups in total. The van der Waals surface area contributed by atoms with Crippen LogP contribution in [-0.2, 0) is 11.0 Å². The van der Waals surface area contributed by atoms with Gasteiger partial charge in [0.1, 0.15) is 23.5 Å². The molecule has 0 aliphatic carbocycles. The number of phenols is 1. The number of alkyl halides is 3. The number of carbonyl (C=O) groups is 1. The van der Waals surface area contributed by atoms with Gasteiger partial charge in [0.25, 0.3) is 5.91 Å². The number of phenolic OH excluding ortho intramolecular Hbond substituents is 1. The number of carbonyl (C=O) groups excluding carboxylic acids is 1. The molecule has 0 bridgehead atoms. The van der Waals surface area contributed by atoms with Gasteiger partial charge in [-0.1, -0.05) is 11.6 Å². The van der Waals surface area contributed by atoms with E-state index in [2.05, 4.69) is 20.8 Å². The molecule has 0 atom stereocenters. The van der Waals surface area contributed by atoms with Crippen molar-refractivity contribution >= 4 is 23.2 Å². The minimum absolute atomic E-state index is 0.0813. The second-order valence-electron chi connectivity index (χ2n) is 5.43. The van der Waals surface area contributed by atoms with Crippen LogP contribution in [0.2, 0.25) is 5.02 Å². The van der Waals surface area contributed by atoms with Crippen LogP contribution in [0.5, 0.6) is 11.5 Å². The van der Waals surface area contributed by atoms with Gasteiger partial charge in [-0.05, 0) is 40.8 Å². The molecule has 0 radical (unpaired) electrons. The second-order valence-corrected chi connectivity index (χ2v) is 5.84. The Kier molecular flexibility index (Phi) is 5.36. The Morgan fingerprint density at radius 2 is 2.04 bits per heavy atom. The first-order chi connectivity index (χ1) is 13.2. The normalized spacial score (nSPS) is 11.3. The van der Waals surface area contributed by atoms with Crippen molar-refractivity contribution in [2.45, 2.75) is 6.18 Å². The molecule has 0 spiro atoms.